The van der Waals surface area contributed by atoms with Gasteiger partial charge in [0.15, 0.2) is 5.84 Å². The minimum atomic E-state index is -3.32. The van der Waals surface area contributed by atoms with Crippen molar-refractivity contribution in [3.63, 3.8) is 0 Å². The van der Waals surface area contributed by atoms with Gasteiger partial charge in [0.1, 0.15) is 11.9 Å². The van der Waals surface area contributed by atoms with Gasteiger partial charge in [-0.2, -0.15) is 0 Å². The molecule has 2 fully saturated rings. The maximum Gasteiger partial charge on any atom is 0.251 e. The summed E-state index contributed by atoms with van der Waals surface area (Å²) in [5.74, 6) is 0.863. The Hall–Kier alpha value is -2.01. The quantitative estimate of drug-likeness (QED) is 0.599. The number of carbonyl (C=O) groups is 1. The normalized spacial score (nSPS) is 27.4. The highest BCUT2D eigenvalue weighted by molar-refractivity contribution is 8.24. The van der Waals surface area contributed by atoms with Crippen LogP contribution in [0.2, 0.25) is 0 Å². The first-order valence-corrected chi connectivity index (χ1v) is 11.0. The summed E-state index contributed by atoms with van der Waals surface area (Å²) in [7, 11) is -3.32. The van der Waals surface area contributed by atoms with Crippen LogP contribution in [0.15, 0.2) is 22.6 Å². The monoisotopic (exact) mass is 410 g/mol. The summed E-state index contributed by atoms with van der Waals surface area (Å²) in [5, 5.41) is 0. The number of nitrogens with zero attached hydrogens (tertiary/aromatic N) is 2. The summed E-state index contributed by atoms with van der Waals surface area (Å²) in [5.41, 5.74) is 6.93. The van der Waals surface area contributed by atoms with Crippen LogP contribution in [0.4, 0.5) is 5.69 Å². The molecule has 1 aromatic rings. The molecule has 154 valence electrons. The molecule has 9 nitrogen and oxygen atoms in total. The molecule has 4 rings (SSSR count). The van der Waals surface area contributed by atoms with E-state index in [0.717, 1.165) is 32.2 Å². The molecule has 3 aliphatic heterocycles. The fourth-order valence-corrected chi connectivity index (χ4v) is 4.82. The van der Waals surface area contributed by atoms with Crippen molar-refractivity contribution in [1.82, 2.24) is 4.90 Å². The number of hydrogen-bond donors (Lipinski definition) is 4. The van der Waals surface area contributed by atoms with Crippen LogP contribution in [0, 0.1) is 5.92 Å². The molecule has 2 atom stereocenters. The van der Waals surface area contributed by atoms with Gasteiger partial charge in [-0.1, -0.05) is 6.07 Å². The lowest BCUT2D eigenvalue weighted by Gasteiger charge is -2.35. The van der Waals surface area contributed by atoms with E-state index >= 15 is 0 Å². The maximum absolute atomic E-state index is 12.6. The van der Waals surface area contributed by atoms with Gasteiger partial charge >= 0.3 is 0 Å². The molecule has 0 spiro atoms. The number of rotatable bonds is 4. The smallest absolute Gasteiger partial charge is 0.251 e. The lowest BCUT2D eigenvalue weighted by atomic mass is 9.98. The average molecular weight is 410 g/mol. The van der Waals surface area contributed by atoms with Gasteiger partial charge in [0.05, 0.1) is 17.9 Å². The highest BCUT2D eigenvalue weighted by Crippen LogP contribution is 2.46. The van der Waals surface area contributed by atoms with Crippen LogP contribution < -0.4 is 15.2 Å². The van der Waals surface area contributed by atoms with Crippen molar-refractivity contribution in [2.45, 2.75) is 31.8 Å². The van der Waals surface area contributed by atoms with E-state index in [2.05, 4.69) is 9.12 Å². The van der Waals surface area contributed by atoms with Gasteiger partial charge < -0.3 is 20.1 Å². The Morgan fingerprint density at radius 2 is 2.25 bits per heavy atom. The van der Waals surface area contributed by atoms with Crippen LogP contribution in [0.5, 0.6) is 5.75 Å². The topological polar surface area (TPSA) is 130 Å². The van der Waals surface area contributed by atoms with Gasteiger partial charge in [-0.25, -0.2) is 0 Å². The van der Waals surface area contributed by atoms with Gasteiger partial charge in [0.25, 0.3) is 5.91 Å². The largest absolute Gasteiger partial charge is 0.492 e. The zero-order valence-electron chi connectivity index (χ0n) is 15.5. The fraction of sp³-hybridized carbons (Fsp3) is 0.556. The third-order valence-electron chi connectivity index (χ3n) is 5.27. The van der Waals surface area contributed by atoms with Crippen molar-refractivity contribution in [3.05, 3.63) is 23.8 Å². The molecule has 0 aromatic heterocycles. The predicted octanol–water partition coefficient (Wildman–Crippen LogP) is 2.19. The van der Waals surface area contributed by atoms with Crippen molar-refractivity contribution in [3.8, 4) is 5.75 Å². The number of piperidine rings is 1. The fourth-order valence-electron chi connectivity index (χ4n) is 3.94. The first kappa shape index (κ1) is 19.3. The minimum absolute atomic E-state index is 0.0307. The zero-order chi connectivity index (χ0) is 19.7. The Labute approximate surface area is 165 Å². The second-order valence-electron chi connectivity index (χ2n) is 7.38. The summed E-state index contributed by atoms with van der Waals surface area (Å²) >= 11 is 0. The van der Waals surface area contributed by atoms with Crippen LogP contribution >= 0.6 is 11.0 Å². The van der Waals surface area contributed by atoms with Gasteiger partial charge in [0, 0.05) is 25.6 Å². The Morgan fingerprint density at radius 3 is 3.04 bits per heavy atom. The van der Waals surface area contributed by atoms with Crippen LogP contribution in [-0.2, 0) is 9.53 Å². The highest BCUT2D eigenvalue weighted by Gasteiger charge is 2.32. The molecule has 5 N–H and O–H groups in total. The second kappa shape index (κ2) is 7.78. The predicted molar refractivity (Wildman–Crippen MR) is 107 cm³/mol. The first-order valence-electron chi connectivity index (χ1n) is 9.51. The number of anilines is 1. The molecular formula is C18H26N4O5S. The number of likely N-dealkylation sites (tertiary alicyclic amines) is 1. The van der Waals surface area contributed by atoms with E-state index in [-0.39, 0.29) is 23.8 Å². The van der Waals surface area contributed by atoms with E-state index in [0.29, 0.717) is 36.8 Å². The molecule has 0 saturated carbocycles. The van der Waals surface area contributed by atoms with Crippen molar-refractivity contribution in [2.24, 2.45) is 16.0 Å². The number of hydrogen-bond acceptors (Lipinski definition) is 8. The van der Waals surface area contributed by atoms with Crippen LogP contribution in [0.3, 0.4) is 0 Å². The van der Waals surface area contributed by atoms with E-state index in [1.165, 1.54) is 0 Å². The van der Waals surface area contributed by atoms with Crippen LogP contribution in [-0.4, -0.2) is 58.2 Å². The third kappa shape index (κ3) is 4.04. The van der Waals surface area contributed by atoms with E-state index in [1.807, 2.05) is 4.90 Å². The summed E-state index contributed by atoms with van der Waals surface area (Å²) < 4.78 is 37.4. The van der Waals surface area contributed by atoms with Gasteiger partial charge in [-0.05, 0) is 48.8 Å². The van der Waals surface area contributed by atoms with Gasteiger partial charge in [-0.15, -0.1) is 4.40 Å². The SMILES string of the molecule is NC1=NS(O)(O)Nc2cccc(OC[C@H]3CCCN(C(=O)C4CCCO4)C3)c21. The van der Waals surface area contributed by atoms with E-state index in [9.17, 15) is 13.9 Å². The van der Waals surface area contributed by atoms with E-state index < -0.39 is 11.0 Å². The van der Waals surface area contributed by atoms with Gasteiger partial charge in [-0.3, -0.25) is 18.6 Å². The Morgan fingerprint density at radius 1 is 1.39 bits per heavy atom. The lowest BCUT2D eigenvalue weighted by molar-refractivity contribution is -0.143. The molecule has 0 aliphatic carbocycles. The molecule has 0 bridgehead atoms. The number of nitrogens with one attached hydrogen (secondary N) is 1. The number of nitrogens with two attached hydrogens (primary N) is 1. The standard InChI is InChI=1S/C18H26N4O5S/c19-17-16-13(20-28(24,25)21-17)5-1-6-14(16)27-11-12-4-2-8-22(10-12)18(23)15-7-3-9-26-15/h1,5-6,12,15,20,24-25H,2-4,7-11H2,(H2,19,21)/t12-,15?/m0/s1. The van der Waals surface area contributed by atoms with E-state index in [1.54, 1.807) is 18.2 Å². The molecule has 2 saturated heterocycles. The summed E-state index contributed by atoms with van der Waals surface area (Å²) in [6.07, 6.45) is 3.37. The average Bonchev–Trinajstić information content (AvgIpc) is 3.19. The molecule has 1 unspecified atom stereocenters. The molecule has 10 heteroatoms. The van der Waals surface area contributed by atoms with Crippen molar-refractivity contribution in [2.75, 3.05) is 31.0 Å². The number of ether oxygens (including phenoxy) is 2. The van der Waals surface area contributed by atoms with Crippen molar-refractivity contribution in [1.29, 1.82) is 0 Å². The lowest BCUT2D eigenvalue weighted by Crippen LogP contribution is -2.46. The number of fused-ring (bicyclic) bond motifs is 1. The molecule has 3 heterocycles. The molecular weight excluding hydrogens is 384 g/mol. The second-order valence-corrected chi connectivity index (χ2v) is 8.81. The molecule has 1 aromatic carbocycles. The number of carbonyl (C=O) groups excluding carboxylic acids is 1. The van der Waals surface area contributed by atoms with E-state index in [4.69, 9.17) is 15.2 Å². The number of amidine groups is 1. The Balaban J connectivity index is 1.40. The van der Waals surface area contributed by atoms with Crippen molar-refractivity contribution < 1.29 is 23.4 Å². The molecule has 3 aliphatic rings. The minimum Gasteiger partial charge on any atom is -0.492 e. The third-order valence-corrected chi connectivity index (χ3v) is 6.21. The Bertz CT molecular complexity index is 781. The highest BCUT2D eigenvalue weighted by atomic mass is 32.3. The number of amides is 1. The first-order chi connectivity index (χ1) is 13.4. The zero-order valence-corrected chi connectivity index (χ0v) is 16.4. The van der Waals surface area contributed by atoms with Crippen LogP contribution in [0.1, 0.15) is 31.2 Å². The number of benzene rings is 1. The molecule has 28 heavy (non-hydrogen) atoms. The maximum atomic E-state index is 12.6. The summed E-state index contributed by atoms with van der Waals surface area (Å²) in [6, 6.07) is 5.22. The summed E-state index contributed by atoms with van der Waals surface area (Å²) in [6.45, 7) is 2.51. The van der Waals surface area contributed by atoms with Gasteiger partial charge in [0.2, 0.25) is 0 Å². The Kier molecular flexibility index (Phi) is 5.37. The molecule has 1 amide bonds. The van der Waals surface area contributed by atoms with Crippen molar-refractivity contribution >= 4 is 28.4 Å². The summed E-state index contributed by atoms with van der Waals surface area (Å²) in [4.78, 5) is 14.5. The molecule has 0 radical (unpaired) electrons. The van der Waals surface area contributed by atoms with Crippen LogP contribution in [0.25, 0.3) is 0 Å².